The van der Waals surface area contributed by atoms with E-state index in [9.17, 15) is 4.79 Å². The van der Waals surface area contributed by atoms with Crippen LogP contribution in [0.2, 0.25) is 0 Å². The second-order valence-electron chi connectivity index (χ2n) is 3.77. The fraction of sp³-hybridized carbons (Fsp3) is 0.636. The highest BCUT2D eigenvalue weighted by molar-refractivity contribution is 5.97. The Morgan fingerprint density at radius 2 is 2.19 bits per heavy atom. The topological polar surface area (TPSA) is 53.4 Å². The molecule has 0 radical (unpaired) electrons. The van der Waals surface area contributed by atoms with Crippen LogP contribution in [0.5, 0.6) is 5.75 Å². The quantitative estimate of drug-likeness (QED) is 0.693. The first-order valence-electron chi connectivity index (χ1n) is 5.25. The largest absolute Gasteiger partial charge is 0.493 e. The van der Waals surface area contributed by atoms with Crippen LogP contribution >= 0.6 is 0 Å². The number of ether oxygens (including phenoxy) is 2. The minimum atomic E-state index is -0.00935. The average Bonchev–Trinajstić information content (AvgIpc) is 2.69. The lowest BCUT2D eigenvalue weighted by Crippen LogP contribution is -2.14. The number of hydrogen-bond donors (Lipinski definition) is 0. The van der Waals surface area contributed by atoms with Gasteiger partial charge in [0.2, 0.25) is 0 Å². The Bertz CT molecular complexity index is 358. The molecule has 0 fully saturated rings. The number of aromatic nitrogens is 2. The first-order chi connectivity index (χ1) is 7.61. The highest BCUT2D eigenvalue weighted by Gasteiger charge is 2.20. The van der Waals surface area contributed by atoms with Gasteiger partial charge in [0, 0.05) is 19.6 Å². The Morgan fingerprint density at radius 3 is 2.69 bits per heavy atom. The third-order valence-electron chi connectivity index (χ3n) is 2.27. The minimum absolute atomic E-state index is 0.00935. The van der Waals surface area contributed by atoms with Crippen LogP contribution in [0.25, 0.3) is 0 Å². The fourth-order valence-corrected chi connectivity index (χ4v) is 1.47. The molecule has 0 atom stereocenters. The zero-order valence-electron chi connectivity index (χ0n) is 10.2. The van der Waals surface area contributed by atoms with Crippen LogP contribution in [0.1, 0.15) is 36.8 Å². The first kappa shape index (κ1) is 12.7. The van der Waals surface area contributed by atoms with E-state index in [1.807, 2.05) is 13.8 Å². The standard InChI is InChI=1S/C11H18N2O3/c1-8(2)13-11(9(14)5-6-15-3)10(16-4)7-12-13/h7-8H,5-6H2,1-4H3. The number of Topliss-reactive ketones (excluding diaryl/α,β-unsaturated/α-hetero) is 1. The summed E-state index contributed by atoms with van der Waals surface area (Å²) in [4.78, 5) is 11.9. The molecule has 0 aromatic carbocycles. The summed E-state index contributed by atoms with van der Waals surface area (Å²) < 4.78 is 11.7. The monoisotopic (exact) mass is 226 g/mol. The smallest absolute Gasteiger partial charge is 0.186 e. The molecule has 0 aliphatic carbocycles. The van der Waals surface area contributed by atoms with Gasteiger partial charge in [0.15, 0.2) is 11.5 Å². The van der Waals surface area contributed by atoms with E-state index in [1.165, 1.54) is 7.11 Å². The molecule has 90 valence electrons. The predicted molar refractivity (Wildman–Crippen MR) is 60.0 cm³/mol. The molecule has 1 aromatic rings. The van der Waals surface area contributed by atoms with Crippen molar-refractivity contribution in [3.05, 3.63) is 11.9 Å². The molecule has 0 bridgehead atoms. The Morgan fingerprint density at radius 1 is 1.50 bits per heavy atom. The fourth-order valence-electron chi connectivity index (χ4n) is 1.47. The van der Waals surface area contributed by atoms with E-state index in [0.29, 0.717) is 24.5 Å². The number of nitrogens with zero attached hydrogens (tertiary/aromatic N) is 2. The molecule has 1 rings (SSSR count). The van der Waals surface area contributed by atoms with Crippen molar-refractivity contribution in [2.24, 2.45) is 0 Å². The van der Waals surface area contributed by atoms with Gasteiger partial charge >= 0.3 is 0 Å². The summed E-state index contributed by atoms with van der Waals surface area (Å²) in [6, 6.07) is 0.130. The van der Waals surface area contributed by atoms with Crippen LogP contribution in [-0.2, 0) is 4.74 Å². The van der Waals surface area contributed by atoms with Gasteiger partial charge in [-0.3, -0.25) is 9.48 Å². The summed E-state index contributed by atoms with van der Waals surface area (Å²) in [5.74, 6) is 0.514. The van der Waals surface area contributed by atoms with E-state index in [1.54, 1.807) is 18.0 Å². The number of rotatable bonds is 6. The Kier molecular flexibility index (Phi) is 4.49. The van der Waals surface area contributed by atoms with Crippen molar-refractivity contribution < 1.29 is 14.3 Å². The lowest BCUT2D eigenvalue weighted by Gasteiger charge is -2.10. The highest BCUT2D eigenvalue weighted by atomic mass is 16.5. The van der Waals surface area contributed by atoms with E-state index in [4.69, 9.17) is 9.47 Å². The molecule has 16 heavy (non-hydrogen) atoms. The predicted octanol–water partition coefficient (Wildman–Crippen LogP) is 1.69. The van der Waals surface area contributed by atoms with Crippen molar-refractivity contribution in [3.63, 3.8) is 0 Å². The third-order valence-corrected chi connectivity index (χ3v) is 2.27. The molecular weight excluding hydrogens is 208 g/mol. The van der Waals surface area contributed by atoms with Gasteiger partial charge < -0.3 is 9.47 Å². The number of hydrogen-bond acceptors (Lipinski definition) is 4. The van der Waals surface area contributed by atoms with Crippen molar-refractivity contribution in [2.75, 3.05) is 20.8 Å². The van der Waals surface area contributed by atoms with Gasteiger partial charge in [-0.05, 0) is 13.8 Å². The van der Waals surface area contributed by atoms with E-state index >= 15 is 0 Å². The zero-order chi connectivity index (χ0) is 12.1. The van der Waals surface area contributed by atoms with Crippen molar-refractivity contribution in [1.82, 2.24) is 9.78 Å². The normalized spacial score (nSPS) is 10.8. The van der Waals surface area contributed by atoms with Gasteiger partial charge in [0.05, 0.1) is 19.9 Å². The Hall–Kier alpha value is -1.36. The van der Waals surface area contributed by atoms with Crippen molar-refractivity contribution in [1.29, 1.82) is 0 Å². The summed E-state index contributed by atoms with van der Waals surface area (Å²) in [7, 11) is 3.11. The van der Waals surface area contributed by atoms with Crippen LogP contribution < -0.4 is 4.74 Å². The van der Waals surface area contributed by atoms with Gasteiger partial charge in [-0.25, -0.2) is 0 Å². The van der Waals surface area contributed by atoms with Crippen LogP contribution in [0, 0.1) is 0 Å². The molecule has 1 aromatic heterocycles. The second-order valence-corrected chi connectivity index (χ2v) is 3.77. The third kappa shape index (κ3) is 2.61. The van der Waals surface area contributed by atoms with E-state index in [0.717, 1.165) is 0 Å². The van der Waals surface area contributed by atoms with Crippen LogP contribution in [0.4, 0.5) is 0 Å². The minimum Gasteiger partial charge on any atom is -0.493 e. The zero-order valence-corrected chi connectivity index (χ0v) is 10.2. The van der Waals surface area contributed by atoms with Crippen molar-refractivity contribution in [2.45, 2.75) is 26.3 Å². The summed E-state index contributed by atoms with van der Waals surface area (Å²) in [6.07, 6.45) is 1.91. The lowest BCUT2D eigenvalue weighted by atomic mass is 10.2. The summed E-state index contributed by atoms with van der Waals surface area (Å²) >= 11 is 0. The molecule has 0 amide bonds. The SMILES string of the molecule is COCCC(=O)c1c(OC)cnn1C(C)C. The Labute approximate surface area is 95.3 Å². The van der Waals surface area contributed by atoms with Gasteiger partial charge in [-0.1, -0.05) is 0 Å². The van der Waals surface area contributed by atoms with Crippen LogP contribution in [0.15, 0.2) is 6.20 Å². The maximum atomic E-state index is 11.9. The van der Waals surface area contributed by atoms with E-state index in [-0.39, 0.29) is 11.8 Å². The maximum absolute atomic E-state index is 11.9. The average molecular weight is 226 g/mol. The lowest BCUT2D eigenvalue weighted by molar-refractivity contribution is 0.0916. The molecule has 0 unspecified atom stereocenters. The molecule has 0 saturated carbocycles. The van der Waals surface area contributed by atoms with E-state index < -0.39 is 0 Å². The van der Waals surface area contributed by atoms with Gasteiger partial charge in [-0.2, -0.15) is 5.10 Å². The number of methoxy groups -OCH3 is 2. The number of carbonyl (C=O) groups excluding carboxylic acids is 1. The van der Waals surface area contributed by atoms with Crippen LogP contribution in [-0.4, -0.2) is 36.4 Å². The summed E-state index contributed by atoms with van der Waals surface area (Å²) in [5.41, 5.74) is 0.523. The molecule has 0 spiro atoms. The summed E-state index contributed by atoms with van der Waals surface area (Å²) in [6.45, 7) is 4.35. The molecule has 0 aliphatic heterocycles. The molecule has 0 saturated heterocycles. The highest BCUT2D eigenvalue weighted by Crippen LogP contribution is 2.22. The molecular formula is C11H18N2O3. The van der Waals surface area contributed by atoms with Gasteiger partial charge in [0.25, 0.3) is 0 Å². The van der Waals surface area contributed by atoms with E-state index in [2.05, 4.69) is 5.10 Å². The molecule has 0 aliphatic rings. The van der Waals surface area contributed by atoms with Crippen molar-refractivity contribution >= 4 is 5.78 Å². The summed E-state index contributed by atoms with van der Waals surface area (Å²) in [5, 5.41) is 4.15. The van der Waals surface area contributed by atoms with Gasteiger partial charge in [-0.15, -0.1) is 0 Å². The molecule has 5 heteroatoms. The number of ketones is 1. The maximum Gasteiger partial charge on any atom is 0.186 e. The van der Waals surface area contributed by atoms with Gasteiger partial charge in [0.1, 0.15) is 5.69 Å². The second kappa shape index (κ2) is 5.65. The molecule has 1 heterocycles. The number of carbonyl (C=O) groups is 1. The Balaban J connectivity index is 2.98. The van der Waals surface area contributed by atoms with Crippen LogP contribution in [0.3, 0.4) is 0 Å². The first-order valence-corrected chi connectivity index (χ1v) is 5.25. The molecule has 0 N–H and O–H groups in total. The molecule has 5 nitrogen and oxygen atoms in total. The van der Waals surface area contributed by atoms with Crippen molar-refractivity contribution in [3.8, 4) is 5.75 Å².